The molecule has 0 bridgehead atoms. The van der Waals surface area contributed by atoms with E-state index in [-0.39, 0.29) is 18.7 Å². The minimum absolute atomic E-state index is 0.0494. The predicted molar refractivity (Wildman–Crippen MR) is 66.5 cm³/mol. The van der Waals surface area contributed by atoms with Crippen molar-refractivity contribution in [1.82, 2.24) is 4.90 Å². The third-order valence-electron chi connectivity index (χ3n) is 3.44. The van der Waals surface area contributed by atoms with Gasteiger partial charge < -0.3 is 15.3 Å². The number of nitrogens with two attached hydrogens (primary N) is 1. The van der Waals surface area contributed by atoms with Gasteiger partial charge in [-0.3, -0.25) is 4.90 Å². The van der Waals surface area contributed by atoms with Gasteiger partial charge in [-0.2, -0.15) is 0 Å². The van der Waals surface area contributed by atoms with Crippen molar-refractivity contribution in [3.8, 4) is 0 Å². The number of aliphatic hydroxyl groups excluding tert-OH is 1. The van der Waals surface area contributed by atoms with Gasteiger partial charge in [0, 0.05) is 18.6 Å². The molecular weight excluding hydrogens is 216 g/mol. The Bertz CT molecular complexity index is 322. The zero-order chi connectivity index (χ0) is 12.3. The summed E-state index contributed by atoms with van der Waals surface area (Å²) in [6.45, 7) is 2.93. The zero-order valence-corrected chi connectivity index (χ0v) is 10.4. The molecule has 0 amide bonds. The third-order valence-corrected chi connectivity index (χ3v) is 3.44. The fourth-order valence-electron chi connectivity index (χ4n) is 2.37. The average molecular weight is 238 g/mol. The van der Waals surface area contributed by atoms with Crippen LogP contribution in [0.5, 0.6) is 0 Å². The third kappa shape index (κ3) is 2.89. The van der Waals surface area contributed by atoms with Gasteiger partial charge >= 0.3 is 0 Å². The molecule has 1 aromatic rings. The highest BCUT2D eigenvalue weighted by molar-refractivity contribution is 5.09. The highest BCUT2D eigenvalue weighted by atomic mass is 16.3. The van der Waals surface area contributed by atoms with Gasteiger partial charge in [0.05, 0.1) is 18.9 Å². The molecule has 2 atom stereocenters. The Morgan fingerprint density at radius 2 is 2.35 bits per heavy atom. The van der Waals surface area contributed by atoms with Gasteiger partial charge in [-0.1, -0.05) is 6.92 Å². The van der Waals surface area contributed by atoms with Crippen molar-refractivity contribution in [2.45, 2.75) is 44.3 Å². The molecule has 4 heteroatoms. The first kappa shape index (κ1) is 12.6. The first-order valence-electron chi connectivity index (χ1n) is 6.43. The van der Waals surface area contributed by atoms with E-state index < -0.39 is 0 Å². The van der Waals surface area contributed by atoms with Crippen LogP contribution in [0, 0.1) is 0 Å². The van der Waals surface area contributed by atoms with Gasteiger partial charge in [-0.25, -0.2) is 0 Å². The van der Waals surface area contributed by atoms with Crippen molar-refractivity contribution >= 4 is 0 Å². The molecule has 1 aromatic heterocycles. The normalized spacial score (nSPS) is 19.5. The van der Waals surface area contributed by atoms with Crippen molar-refractivity contribution in [3.05, 3.63) is 24.2 Å². The molecule has 0 saturated heterocycles. The van der Waals surface area contributed by atoms with E-state index in [1.165, 1.54) is 12.8 Å². The van der Waals surface area contributed by atoms with E-state index in [0.717, 1.165) is 12.2 Å². The molecule has 2 unspecified atom stereocenters. The fourth-order valence-corrected chi connectivity index (χ4v) is 2.37. The van der Waals surface area contributed by atoms with Crippen LogP contribution >= 0.6 is 0 Å². The van der Waals surface area contributed by atoms with Gasteiger partial charge in [0.25, 0.3) is 0 Å². The van der Waals surface area contributed by atoms with Gasteiger partial charge in [-0.15, -0.1) is 0 Å². The summed E-state index contributed by atoms with van der Waals surface area (Å²) in [7, 11) is 0. The number of nitrogens with zero attached hydrogens (tertiary/aromatic N) is 1. The maximum Gasteiger partial charge on any atom is 0.122 e. The van der Waals surface area contributed by atoms with Crippen LogP contribution in [0.2, 0.25) is 0 Å². The molecular formula is C13H22N2O2. The fraction of sp³-hybridized carbons (Fsp3) is 0.692. The second kappa shape index (κ2) is 5.67. The second-order valence-corrected chi connectivity index (χ2v) is 4.72. The maximum absolute atomic E-state index is 9.20. The highest BCUT2D eigenvalue weighted by Gasteiger charge is 2.37. The molecule has 3 N–H and O–H groups in total. The monoisotopic (exact) mass is 238 g/mol. The van der Waals surface area contributed by atoms with E-state index in [0.29, 0.717) is 12.6 Å². The predicted octanol–water partition coefficient (Wildman–Crippen LogP) is 1.51. The Morgan fingerprint density at radius 1 is 1.59 bits per heavy atom. The summed E-state index contributed by atoms with van der Waals surface area (Å²) in [5.74, 6) is 0.916. The summed E-state index contributed by atoms with van der Waals surface area (Å²) >= 11 is 0. The van der Waals surface area contributed by atoms with E-state index in [4.69, 9.17) is 10.2 Å². The molecule has 1 fully saturated rings. The molecule has 0 aliphatic heterocycles. The van der Waals surface area contributed by atoms with Gasteiger partial charge in [0.2, 0.25) is 0 Å². The highest BCUT2D eigenvalue weighted by Crippen LogP contribution is 2.36. The van der Waals surface area contributed by atoms with E-state index in [1.807, 2.05) is 12.1 Å². The SMILES string of the molecule is CCC(N)C(c1ccco1)N(CCO)C1CC1. The van der Waals surface area contributed by atoms with Crippen LogP contribution in [0.25, 0.3) is 0 Å². The number of hydrogen-bond donors (Lipinski definition) is 2. The summed E-state index contributed by atoms with van der Waals surface area (Å²) in [5, 5.41) is 9.20. The van der Waals surface area contributed by atoms with Crippen LogP contribution in [0.15, 0.2) is 22.8 Å². The molecule has 96 valence electrons. The summed E-state index contributed by atoms with van der Waals surface area (Å²) in [6, 6.07) is 4.58. The average Bonchev–Trinajstić information content (AvgIpc) is 3.05. The van der Waals surface area contributed by atoms with E-state index in [1.54, 1.807) is 6.26 Å². The summed E-state index contributed by atoms with van der Waals surface area (Å²) < 4.78 is 5.52. The zero-order valence-electron chi connectivity index (χ0n) is 10.4. The van der Waals surface area contributed by atoms with Crippen molar-refractivity contribution in [1.29, 1.82) is 0 Å². The van der Waals surface area contributed by atoms with Crippen molar-refractivity contribution < 1.29 is 9.52 Å². The lowest BCUT2D eigenvalue weighted by Crippen LogP contribution is -2.43. The summed E-state index contributed by atoms with van der Waals surface area (Å²) in [6.07, 6.45) is 5.00. The molecule has 1 aliphatic rings. The van der Waals surface area contributed by atoms with E-state index in [2.05, 4.69) is 11.8 Å². The van der Waals surface area contributed by atoms with Crippen LogP contribution in [0.3, 0.4) is 0 Å². The van der Waals surface area contributed by atoms with Crippen LogP contribution < -0.4 is 5.73 Å². The summed E-state index contributed by atoms with van der Waals surface area (Å²) in [4.78, 5) is 2.30. The minimum Gasteiger partial charge on any atom is -0.468 e. The van der Waals surface area contributed by atoms with E-state index >= 15 is 0 Å². The quantitative estimate of drug-likeness (QED) is 0.756. The number of rotatable bonds is 7. The van der Waals surface area contributed by atoms with Crippen molar-refractivity contribution in [2.75, 3.05) is 13.2 Å². The lowest BCUT2D eigenvalue weighted by molar-refractivity contribution is 0.110. The lowest BCUT2D eigenvalue weighted by Gasteiger charge is -2.33. The van der Waals surface area contributed by atoms with Gasteiger partial charge in [-0.05, 0) is 31.4 Å². The van der Waals surface area contributed by atoms with Gasteiger partial charge in [0.1, 0.15) is 5.76 Å². The smallest absolute Gasteiger partial charge is 0.122 e. The first-order chi connectivity index (χ1) is 8.27. The number of furan rings is 1. The lowest BCUT2D eigenvalue weighted by atomic mass is 10.0. The van der Waals surface area contributed by atoms with Crippen molar-refractivity contribution in [2.24, 2.45) is 5.73 Å². The minimum atomic E-state index is 0.0494. The Kier molecular flexibility index (Phi) is 4.20. The Labute approximate surface area is 102 Å². The maximum atomic E-state index is 9.20. The molecule has 17 heavy (non-hydrogen) atoms. The van der Waals surface area contributed by atoms with Crippen LogP contribution in [-0.4, -0.2) is 35.2 Å². The molecule has 1 heterocycles. The van der Waals surface area contributed by atoms with E-state index in [9.17, 15) is 5.11 Å². The van der Waals surface area contributed by atoms with Crippen LogP contribution in [0.4, 0.5) is 0 Å². The Morgan fingerprint density at radius 3 is 2.82 bits per heavy atom. The summed E-state index contributed by atoms with van der Waals surface area (Å²) in [5.41, 5.74) is 6.22. The molecule has 0 radical (unpaired) electrons. The molecule has 0 spiro atoms. The topological polar surface area (TPSA) is 62.6 Å². The number of hydrogen-bond acceptors (Lipinski definition) is 4. The van der Waals surface area contributed by atoms with Gasteiger partial charge in [0.15, 0.2) is 0 Å². The largest absolute Gasteiger partial charge is 0.468 e. The van der Waals surface area contributed by atoms with Crippen LogP contribution in [0.1, 0.15) is 38.0 Å². The molecule has 2 rings (SSSR count). The first-order valence-corrected chi connectivity index (χ1v) is 6.43. The molecule has 0 aromatic carbocycles. The molecule has 4 nitrogen and oxygen atoms in total. The Hall–Kier alpha value is -0.840. The van der Waals surface area contributed by atoms with Crippen LogP contribution in [-0.2, 0) is 0 Å². The van der Waals surface area contributed by atoms with Crippen molar-refractivity contribution in [3.63, 3.8) is 0 Å². The molecule has 1 aliphatic carbocycles. The second-order valence-electron chi connectivity index (χ2n) is 4.72. The standard InChI is InChI=1S/C13H22N2O2/c1-2-11(14)13(12-4-3-9-17-12)15(7-8-16)10-5-6-10/h3-4,9-11,13,16H,2,5-8,14H2,1H3. The molecule has 1 saturated carbocycles. The number of aliphatic hydroxyl groups is 1. The Balaban J connectivity index is 2.18.